The predicted molar refractivity (Wildman–Crippen MR) is 85.2 cm³/mol. The van der Waals surface area contributed by atoms with Gasteiger partial charge < -0.3 is 0 Å². The third kappa shape index (κ3) is 2.51. The zero-order valence-corrected chi connectivity index (χ0v) is 13.9. The molecular formula is C13H3BrCl2FN3S. The lowest BCUT2D eigenvalue weighted by atomic mass is 10.1. The lowest BCUT2D eigenvalue weighted by molar-refractivity contribution is 0.631. The van der Waals surface area contributed by atoms with Gasteiger partial charge in [0, 0.05) is 5.56 Å². The van der Waals surface area contributed by atoms with Gasteiger partial charge in [0.05, 0.1) is 32.6 Å². The summed E-state index contributed by atoms with van der Waals surface area (Å²) in [5, 5.41) is 9.95. The zero-order valence-electron chi connectivity index (χ0n) is 9.99. The fraction of sp³-hybridized carbons (Fsp3) is 0. The first-order valence-electron chi connectivity index (χ1n) is 5.51. The summed E-state index contributed by atoms with van der Waals surface area (Å²) in [4.78, 5) is 8.13. The largest absolute Gasteiger partial charge is 0.245 e. The van der Waals surface area contributed by atoms with E-state index in [-0.39, 0.29) is 5.52 Å². The Labute approximate surface area is 141 Å². The zero-order chi connectivity index (χ0) is 15.1. The molecule has 0 bridgehead atoms. The average molecular weight is 403 g/mol. The molecule has 0 amide bonds. The van der Waals surface area contributed by atoms with Crippen LogP contribution in [0.25, 0.3) is 20.8 Å². The molecule has 21 heavy (non-hydrogen) atoms. The van der Waals surface area contributed by atoms with Gasteiger partial charge in [-0.1, -0.05) is 23.2 Å². The van der Waals surface area contributed by atoms with E-state index < -0.39 is 5.82 Å². The molecule has 0 saturated carbocycles. The molecule has 3 rings (SSSR count). The van der Waals surface area contributed by atoms with Crippen molar-refractivity contribution in [3.8, 4) is 16.6 Å². The van der Waals surface area contributed by atoms with Crippen molar-refractivity contribution in [1.29, 1.82) is 5.26 Å². The SMILES string of the molecule is N#Cc1cc(Cl)c(-c2nc3c(F)cnc(Br)c3s2)c(Cl)c1. The van der Waals surface area contributed by atoms with E-state index in [1.165, 1.54) is 23.5 Å². The summed E-state index contributed by atoms with van der Waals surface area (Å²) in [5.41, 5.74) is 1.03. The number of fused-ring (bicyclic) bond motifs is 1. The van der Waals surface area contributed by atoms with Gasteiger partial charge in [0.1, 0.15) is 15.1 Å². The molecule has 0 unspecified atom stereocenters. The van der Waals surface area contributed by atoms with Crippen molar-refractivity contribution >= 4 is 60.7 Å². The van der Waals surface area contributed by atoms with Gasteiger partial charge in [-0.2, -0.15) is 5.26 Å². The number of nitrogens with zero attached hydrogens (tertiary/aromatic N) is 3. The Bertz CT molecular complexity index is 858. The summed E-state index contributed by atoms with van der Waals surface area (Å²) in [5.74, 6) is -0.517. The van der Waals surface area contributed by atoms with Gasteiger partial charge in [-0.25, -0.2) is 14.4 Å². The summed E-state index contributed by atoms with van der Waals surface area (Å²) in [7, 11) is 0. The van der Waals surface area contributed by atoms with E-state index in [4.69, 9.17) is 28.5 Å². The van der Waals surface area contributed by atoms with E-state index in [0.717, 1.165) is 6.20 Å². The quantitative estimate of drug-likeness (QED) is 0.509. The van der Waals surface area contributed by atoms with Crippen molar-refractivity contribution in [3.05, 3.63) is 44.4 Å². The first kappa shape index (κ1) is 14.7. The van der Waals surface area contributed by atoms with E-state index >= 15 is 0 Å². The van der Waals surface area contributed by atoms with Crippen LogP contribution in [0.3, 0.4) is 0 Å². The molecule has 0 N–H and O–H groups in total. The molecule has 104 valence electrons. The van der Waals surface area contributed by atoms with Gasteiger partial charge in [0.15, 0.2) is 5.82 Å². The number of rotatable bonds is 1. The normalized spacial score (nSPS) is 10.8. The maximum absolute atomic E-state index is 13.8. The van der Waals surface area contributed by atoms with Crippen LogP contribution in [0, 0.1) is 17.1 Å². The van der Waals surface area contributed by atoms with Crippen LogP contribution in [0.15, 0.2) is 22.9 Å². The number of benzene rings is 1. The van der Waals surface area contributed by atoms with Crippen LogP contribution >= 0.6 is 50.5 Å². The Hall–Kier alpha value is -1.26. The van der Waals surface area contributed by atoms with E-state index in [1.807, 2.05) is 6.07 Å². The van der Waals surface area contributed by atoms with Crippen molar-refractivity contribution < 1.29 is 4.39 Å². The second-order valence-corrected chi connectivity index (χ2v) is 6.59. The van der Waals surface area contributed by atoms with Crippen molar-refractivity contribution in [2.24, 2.45) is 0 Å². The lowest BCUT2D eigenvalue weighted by Crippen LogP contribution is -1.85. The molecule has 0 aliphatic heterocycles. The smallest absolute Gasteiger partial charge is 0.168 e. The average Bonchev–Trinajstić information content (AvgIpc) is 2.88. The maximum atomic E-state index is 13.8. The molecule has 0 aliphatic carbocycles. The van der Waals surface area contributed by atoms with Crippen molar-refractivity contribution in [1.82, 2.24) is 9.97 Å². The first-order chi connectivity index (χ1) is 10.0. The predicted octanol–water partition coefficient (Wildman–Crippen LogP) is 5.44. The number of hydrogen-bond donors (Lipinski definition) is 0. The molecule has 0 radical (unpaired) electrons. The number of nitriles is 1. The van der Waals surface area contributed by atoms with Gasteiger partial charge in [0.2, 0.25) is 0 Å². The molecule has 8 heteroatoms. The Morgan fingerprint density at radius 2 is 1.95 bits per heavy atom. The van der Waals surface area contributed by atoms with Crippen molar-refractivity contribution in [2.75, 3.05) is 0 Å². The highest BCUT2D eigenvalue weighted by Crippen LogP contribution is 2.41. The fourth-order valence-electron chi connectivity index (χ4n) is 1.80. The third-order valence-corrected chi connectivity index (χ3v) is 5.26. The Morgan fingerprint density at radius 3 is 2.52 bits per heavy atom. The van der Waals surface area contributed by atoms with Gasteiger partial charge >= 0.3 is 0 Å². The Balaban J connectivity index is 2.29. The summed E-state index contributed by atoms with van der Waals surface area (Å²) >= 11 is 16.8. The molecule has 0 atom stereocenters. The fourth-order valence-corrected chi connectivity index (χ4v) is 4.14. The minimum absolute atomic E-state index is 0.202. The van der Waals surface area contributed by atoms with Crippen LogP contribution in [0.1, 0.15) is 5.56 Å². The summed E-state index contributed by atoms with van der Waals surface area (Å²) in [6.07, 6.45) is 1.10. The highest BCUT2D eigenvalue weighted by Gasteiger charge is 2.18. The van der Waals surface area contributed by atoms with Crippen LogP contribution in [-0.4, -0.2) is 9.97 Å². The molecule has 2 aromatic heterocycles. The molecule has 3 aromatic rings. The Kier molecular flexibility index (Phi) is 3.84. The van der Waals surface area contributed by atoms with Crippen LogP contribution in [0.2, 0.25) is 10.0 Å². The molecule has 2 heterocycles. The van der Waals surface area contributed by atoms with E-state index in [1.54, 1.807) is 0 Å². The maximum Gasteiger partial charge on any atom is 0.168 e. The Morgan fingerprint density at radius 1 is 1.29 bits per heavy atom. The number of halogens is 4. The highest BCUT2D eigenvalue weighted by atomic mass is 79.9. The number of pyridine rings is 1. The minimum Gasteiger partial charge on any atom is -0.245 e. The van der Waals surface area contributed by atoms with Gasteiger partial charge in [-0.15, -0.1) is 11.3 Å². The lowest BCUT2D eigenvalue weighted by Gasteiger charge is -2.03. The van der Waals surface area contributed by atoms with Crippen LogP contribution in [-0.2, 0) is 0 Å². The van der Waals surface area contributed by atoms with E-state index in [0.29, 0.717) is 35.5 Å². The van der Waals surface area contributed by atoms with E-state index in [2.05, 4.69) is 25.9 Å². The second kappa shape index (κ2) is 5.50. The van der Waals surface area contributed by atoms with Crippen molar-refractivity contribution in [3.63, 3.8) is 0 Å². The second-order valence-electron chi connectivity index (χ2n) is 4.02. The molecule has 0 saturated heterocycles. The van der Waals surface area contributed by atoms with Gasteiger partial charge in [-0.05, 0) is 28.1 Å². The summed E-state index contributed by atoms with van der Waals surface area (Å²) in [6.45, 7) is 0. The molecule has 0 aliphatic rings. The van der Waals surface area contributed by atoms with Crippen LogP contribution < -0.4 is 0 Å². The van der Waals surface area contributed by atoms with Crippen LogP contribution in [0.5, 0.6) is 0 Å². The third-order valence-electron chi connectivity index (χ3n) is 2.72. The molecule has 1 aromatic carbocycles. The molecule has 3 nitrogen and oxygen atoms in total. The standard InChI is InChI=1S/C13H3BrCl2FN3S/c14-12-11-10(8(17)4-19-12)20-13(21-11)9-6(15)1-5(3-18)2-7(9)16/h1-2,4H. The summed E-state index contributed by atoms with van der Waals surface area (Å²) < 4.78 is 14.8. The van der Waals surface area contributed by atoms with E-state index in [9.17, 15) is 4.39 Å². The highest BCUT2D eigenvalue weighted by molar-refractivity contribution is 9.10. The summed E-state index contributed by atoms with van der Waals surface area (Å²) in [6, 6.07) is 4.97. The van der Waals surface area contributed by atoms with Gasteiger partial charge in [-0.3, -0.25) is 0 Å². The topological polar surface area (TPSA) is 49.6 Å². The molecule has 0 fully saturated rings. The first-order valence-corrected chi connectivity index (χ1v) is 7.88. The van der Waals surface area contributed by atoms with Crippen molar-refractivity contribution in [2.45, 2.75) is 0 Å². The minimum atomic E-state index is -0.517. The van der Waals surface area contributed by atoms with Gasteiger partial charge in [0.25, 0.3) is 0 Å². The number of thiazole rings is 1. The molecular weight excluding hydrogens is 400 g/mol. The van der Waals surface area contributed by atoms with Crippen LogP contribution in [0.4, 0.5) is 4.39 Å². The number of hydrogen-bond acceptors (Lipinski definition) is 4. The number of aromatic nitrogens is 2. The monoisotopic (exact) mass is 401 g/mol. The molecule has 0 spiro atoms.